The van der Waals surface area contributed by atoms with Crippen molar-refractivity contribution in [1.82, 2.24) is 8.87 Å². The monoisotopic (exact) mass is 496 g/mol. The van der Waals surface area contributed by atoms with Gasteiger partial charge in [-0.15, -0.1) is 0 Å². The number of fused-ring (bicyclic) bond motifs is 1. The molecule has 2 aliphatic rings. The molecule has 0 amide bonds. The van der Waals surface area contributed by atoms with Crippen LogP contribution in [0.4, 0.5) is 0 Å². The van der Waals surface area contributed by atoms with Gasteiger partial charge >= 0.3 is 0 Å². The SMILES string of the molecule is Cc1cccc(Cl)c1-c1c(C=O)c2c(n1-c1ccc(S(=O)(=O)N3CCCCC3)cc1)CCCC2. The molecule has 178 valence electrons. The lowest BCUT2D eigenvalue weighted by molar-refractivity contribution is 0.112. The van der Waals surface area contributed by atoms with Gasteiger partial charge in [0.2, 0.25) is 10.0 Å². The summed E-state index contributed by atoms with van der Waals surface area (Å²) in [6.07, 6.45) is 7.66. The highest BCUT2D eigenvalue weighted by Gasteiger charge is 2.29. The van der Waals surface area contributed by atoms with Crippen molar-refractivity contribution in [1.29, 1.82) is 0 Å². The summed E-state index contributed by atoms with van der Waals surface area (Å²) in [6, 6.07) is 12.9. The molecule has 0 bridgehead atoms. The first-order valence-corrected chi connectivity index (χ1v) is 13.8. The Kier molecular flexibility index (Phi) is 6.40. The molecule has 1 saturated heterocycles. The van der Waals surface area contributed by atoms with Crippen molar-refractivity contribution in [2.24, 2.45) is 0 Å². The standard InChI is InChI=1S/C27H29ClN2O3S/c1-19-8-7-10-24(28)26(19)27-23(18-31)22-9-3-4-11-25(22)30(27)20-12-14-21(15-13-20)34(32,33)29-16-5-2-6-17-29/h7-8,10,12-15,18H,2-6,9,11,16-17H2,1H3. The summed E-state index contributed by atoms with van der Waals surface area (Å²) >= 11 is 6.67. The molecule has 0 unspecified atom stereocenters. The molecule has 0 radical (unpaired) electrons. The van der Waals surface area contributed by atoms with Crippen molar-refractivity contribution in [2.75, 3.05) is 13.1 Å². The third-order valence-electron chi connectivity index (χ3n) is 7.14. The van der Waals surface area contributed by atoms with Gasteiger partial charge in [0.15, 0.2) is 6.29 Å². The molecule has 5 rings (SSSR count). The van der Waals surface area contributed by atoms with E-state index in [1.165, 1.54) is 0 Å². The molecule has 2 heterocycles. The number of sulfonamides is 1. The molecule has 0 spiro atoms. The van der Waals surface area contributed by atoms with Gasteiger partial charge in [0.1, 0.15) is 0 Å². The highest BCUT2D eigenvalue weighted by atomic mass is 35.5. The number of hydrogen-bond acceptors (Lipinski definition) is 3. The van der Waals surface area contributed by atoms with Crippen LogP contribution in [0.2, 0.25) is 5.02 Å². The van der Waals surface area contributed by atoms with Gasteiger partial charge < -0.3 is 4.57 Å². The average molecular weight is 497 g/mol. The molecule has 1 fully saturated rings. The second-order valence-electron chi connectivity index (χ2n) is 9.24. The molecule has 1 aliphatic heterocycles. The zero-order valence-corrected chi connectivity index (χ0v) is 21.0. The minimum atomic E-state index is -3.51. The number of carbonyl (C=O) groups excluding carboxylic acids is 1. The lowest BCUT2D eigenvalue weighted by Crippen LogP contribution is -2.35. The quantitative estimate of drug-likeness (QED) is 0.409. The van der Waals surface area contributed by atoms with Gasteiger partial charge in [-0.05, 0) is 86.9 Å². The van der Waals surface area contributed by atoms with Crippen LogP contribution in [0.15, 0.2) is 47.4 Å². The fourth-order valence-electron chi connectivity index (χ4n) is 5.44. The van der Waals surface area contributed by atoms with Crippen molar-refractivity contribution >= 4 is 27.9 Å². The van der Waals surface area contributed by atoms with E-state index < -0.39 is 10.0 Å². The van der Waals surface area contributed by atoms with Crippen LogP contribution in [0.1, 0.15) is 59.3 Å². The van der Waals surface area contributed by atoms with Crippen molar-refractivity contribution in [2.45, 2.75) is 56.8 Å². The first kappa shape index (κ1) is 23.3. The molecule has 1 aromatic heterocycles. The van der Waals surface area contributed by atoms with Gasteiger partial charge in [0.25, 0.3) is 0 Å². The van der Waals surface area contributed by atoms with Crippen molar-refractivity contribution in [3.8, 4) is 16.9 Å². The molecule has 3 aromatic rings. The van der Waals surface area contributed by atoms with E-state index in [4.69, 9.17) is 11.6 Å². The topological polar surface area (TPSA) is 59.4 Å². The van der Waals surface area contributed by atoms with E-state index in [0.717, 1.165) is 85.0 Å². The summed E-state index contributed by atoms with van der Waals surface area (Å²) in [5, 5.41) is 0.600. The van der Waals surface area contributed by atoms with Crippen LogP contribution in [0.3, 0.4) is 0 Å². The Morgan fingerprint density at radius 2 is 1.62 bits per heavy atom. The second-order valence-corrected chi connectivity index (χ2v) is 11.6. The lowest BCUT2D eigenvalue weighted by Gasteiger charge is -2.26. The number of nitrogens with zero attached hydrogens (tertiary/aromatic N) is 2. The Morgan fingerprint density at radius 1 is 0.912 bits per heavy atom. The number of halogens is 1. The molecular formula is C27H29ClN2O3S. The number of aldehydes is 1. The van der Waals surface area contributed by atoms with Crippen molar-refractivity contribution in [3.05, 3.63) is 69.9 Å². The molecule has 34 heavy (non-hydrogen) atoms. The van der Waals surface area contributed by atoms with Crippen LogP contribution in [-0.2, 0) is 22.9 Å². The smallest absolute Gasteiger partial charge is 0.243 e. The number of benzene rings is 2. The molecule has 0 saturated carbocycles. The Morgan fingerprint density at radius 3 is 2.29 bits per heavy atom. The van der Waals surface area contributed by atoms with Gasteiger partial charge in [-0.3, -0.25) is 4.79 Å². The van der Waals surface area contributed by atoms with Crippen molar-refractivity contribution in [3.63, 3.8) is 0 Å². The Bertz CT molecular complexity index is 1320. The van der Waals surface area contributed by atoms with Gasteiger partial charge in [-0.25, -0.2) is 8.42 Å². The summed E-state index contributed by atoms with van der Waals surface area (Å²) in [5.74, 6) is 0. The summed E-state index contributed by atoms with van der Waals surface area (Å²) in [6.45, 7) is 3.15. The van der Waals surface area contributed by atoms with Crippen LogP contribution in [0.5, 0.6) is 0 Å². The van der Waals surface area contributed by atoms with Crippen molar-refractivity contribution < 1.29 is 13.2 Å². The van der Waals surface area contributed by atoms with E-state index in [9.17, 15) is 13.2 Å². The maximum absolute atomic E-state index is 13.2. The average Bonchev–Trinajstić information content (AvgIpc) is 3.18. The number of carbonyl (C=O) groups is 1. The number of aromatic nitrogens is 1. The summed E-state index contributed by atoms with van der Waals surface area (Å²) in [7, 11) is -3.51. The first-order valence-electron chi connectivity index (χ1n) is 12.0. The van der Waals surface area contributed by atoms with Gasteiger partial charge in [-0.2, -0.15) is 4.31 Å². The van der Waals surface area contributed by atoms with Gasteiger partial charge in [0, 0.05) is 35.6 Å². The number of hydrogen-bond donors (Lipinski definition) is 0. The lowest BCUT2D eigenvalue weighted by atomic mass is 9.93. The number of piperidine rings is 1. The van der Waals surface area contributed by atoms with Gasteiger partial charge in [-0.1, -0.05) is 30.2 Å². The van der Waals surface area contributed by atoms with Crippen LogP contribution in [-0.4, -0.2) is 36.7 Å². The molecule has 7 heteroatoms. The van der Waals surface area contributed by atoms with E-state index >= 15 is 0 Å². The predicted molar refractivity (Wildman–Crippen MR) is 136 cm³/mol. The highest BCUT2D eigenvalue weighted by Crippen LogP contribution is 2.41. The molecule has 5 nitrogen and oxygen atoms in total. The predicted octanol–water partition coefficient (Wildman–Crippen LogP) is 5.97. The van der Waals surface area contributed by atoms with Crippen LogP contribution >= 0.6 is 11.6 Å². The molecule has 2 aromatic carbocycles. The summed E-state index contributed by atoms with van der Waals surface area (Å²) < 4.78 is 30.0. The fraction of sp³-hybridized carbons (Fsp3) is 0.370. The Labute approximate surface area is 206 Å². The first-order chi connectivity index (χ1) is 16.4. The van der Waals surface area contributed by atoms with E-state index in [1.807, 2.05) is 37.3 Å². The van der Waals surface area contributed by atoms with Gasteiger partial charge in [0.05, 0.1) is 15.6 Å². The van der Waals surface area contributed by atoms with Crippen LogP contribution < -0.4 is 0 Å². The van der Waals surface area contributed by atoms with E-state index in [1.54, 1.807) is 16.4 Å². The third-order valence-corrected chi connectivity index (χ3v) is 9.36. The maximum Gasteiger partial charge on any atom is 0.243 e. The van der Waals surface area contributed by atoms with E-state index in [0.29, 0.717) is 28.6 Å². The largest absolute Gasteiger partial charge is 0.313 e. The minimum Gasteiger partial charge on any atom is -0.313 e. The zero-order chi connectivity index (χ0) is 23.9. The zero-order valence-electron chi connectivity index (χ0n) is 19.4. The van der Waals surface area contributed by atoms with E-state index in [-0.39, 0.29) is 0 Å². The molecular weight excluding hydrogens is 468 g/mol. The summed E-state index contributed by atoms with van der Waals surface area (Å²) in [4.78, 5) is 12.7. The third kappa shape index (κ3) is 3.92. The number of aryl methyl sites for hydroxylation is 1. The van der Waals surface area contributed by atoms with Crippen LogP contribution in [0, 0.1) is 6.92 Å². The maximum atomic E-state index is 13.2. The van der Waals surface area contributed by atoms with E-state index in [2.05, 4.69) is 4.57 Å². The second kappa shape index (κ2) is 9.33. The minimum absolute atomic E-state index is 0.310. The number of rotatable bonds is 5. The molecule has 0 atom stereocenters. The normalized spacial score (nSPS) is 16.9. The highest BCUT2D eigenvalue weighted by molar-refractivity contribution is 7.89. The Balaban J connectivity index is 1.67. The fourth-order valence-corrected chi connectivity index (χ4v) is 7.26. The summed E-state index contributed by atoms with van der Waals surface area (Å²) in [5.41, 5.74) is 6.39. The Hall–Kier alpha value is -2.41. The molecule has 0 N–H and O–H groups in total. The molecule has 1 aliphatic carbocycles. The van der Waals surface area contributed by atoms with Crippen LogP contribution in [0.25, 0.3) is 16.9 Å².